The second kappa shape index (κ2) is 11.4. The smallest absolute Gasteiger partial charge is 0.343 e. The third-order valence-corrected chi connectivity index (χ3v) is 4.70. The van der Waals surface area contributed by atoms with Gasteiger partial charge in [0.15, 0.2) is 0 Å². The molecule has 0 saturated carbocycles. The second-order valence-electron chi connectivity index (χ2n) is 7.28. The average molecular weight is 460 g/mol. The summed E-state index contributed by atoms with van der Waals surface area (Å²) >= 11 is 0. The first-order valence-corrected chi connectivity index (χ1v) is 10.6. The van der Waals surface area contributed by atoms with Crippen molar-refractivity contribution >= 4 is 29.2 Å². The van der Waals surface area contributed by atoms with E-state index in [1.54, 1.807) is 73.7 Å². The molecule has 0 aliphatic heterocycles. The predicted octanol–water partition coefficient (Wildman–Crippen LogP) is 4.09. The zero-order valence-electron chi connectivity index (χ0n) is 19.1. The van der Waals surface area contributed by atoms with Crippen LogP contribution in [0.25, 0.3) is 0 Å². The molecule has 0 atom stereocenters. The Morgan fingerprint density at radius 1 is 0.882 bits per heavy atom. The van der Waals surface area contributed by atoms with E-state index in [0.29, 0.717) is 34.9 Å². The van der Waals surface area contributed by atoms with Gasteiger partial charge in [0.2, 0.25) is 0 Å². The highest BCUT2D eigenvalue weighted by Gasteiger charge is 2.17. The van der Waals surface area contributed by atoms with Crippen LogP contribution in [0, 0.1) is 6.92 Å². The molecule has 0 spiro atoms. The zero-order chi connectivity index (χ0) is 24.5. The topological polar surface area (TPSA) is 106 Å². The summed E-state index contributed by atoms with van der Waals surface area (Å²) in [6.07, 6.45) is 0. The van der Waals surface area contributed by atoms with E-state index in [2.05, 4.69) is 15.8 Å². The fourth-order valence-corrected chi connectivity index (χ4v) is 3.06. The van der Waals surface area contributed by atoms with Gasteiger partial charge in [0.1, 0.15) is 11.5 Å². The van der Waals surface area contributed by atoms with Crippen LogP contribution < -0.4 is 20.2 Å². The third-order valence-electron chi connectivity index (χ3n) is 4.70. The maximum Gasteiger partial charge on any atom is 0.343 e. The fraction of sp³-hybridized carbons (Fsp3) is 0.154. The maximum absolute atomic E-state index is 12.5. The molecular formula is C26H25N3O5. The number of benzene rings is 3. The molecule has 2 amide bonds. The first-order chi connectivity index (χ1) is 16.4. The molecule has 0 saturated heterocycles. The molecule has 0 bridgehead atoms. The summed E-state index contributed by atoms with van der Waals surface area (Å²) in [5, 5.41) is 6.51. The molecule has 8 nitrogen and oxygen atoms in total. The molecule has 0 unspecified atom stereocenters. The number of ether oxygens (including phenoxy) is 2. The highest BCUT2D eigenvalue weighted by molar-refractivity contribution is 6.39. The van der Waals surface area contributed by atoms with E-state index < -0.39 is 17.8 Å². The monoisotopic (exact) mass is 459 g/mol. The molecule has 8 heteroatoms. The average Bonchev–Trinajstić information content (AvgIpc) is 2.84. The van der Waals surface area contributed by atoms with Crippen molar-refractivity contribution in [3.8, 4) is 11.5 Å². The van der Waals surface area contributed by atoms with Crippen LogP contribution in [0.4, 0.5) is 5.69 Å². The number of carbonyl (C=O) groups is 3. The molecular weight excluding hydrogens is 434 g/mol. The summed E-state index contributed by atoms with van der Waals surface area (Å²) < 4.78 is 11.0. The molecule has 0 aliphatic carbocycles. The summed E-state index contributed by atoms with van der Waals surface area (Å²) in [7, 11) is 0. The van der Waals surface area contributed by atoms with Crippen LogP contribution in [0.3, 0.4) is 0 Å². The Kier molecular flexibility index (Phi) is 8.12. The SMILES string of the molecule is CCOc1ccccc1NC(=O)C(=O)N/N=C(\C)c1ccccc1OC(=O)c1cccc(C)c1. The molecule has 2 N–H and O–H groups in total. The van der Waals surface area contributed by atoms with Crippen molar-refractivity contribution in [1.82, 2.24) is 5.43 Å². The van der Waals surface area contributed by atoms with Crippen molar-refractivity contribution in [3.05, 3.63) is 89.5 Å². The quantitative estimate of drug-likeness (QED) is 0.182. The minimum Gasteiger partial charge on any atom is -0.492 e. The van der Waals surface area contributed by atoms with Gasteiger partial charge in [0.05, 0.1) is 23.6 Å². The summed E-state index contributed by atoms with van der Waals surface area (Å²) in [5.41, 5.74) is 4.80. The van der Waals surface area contributed by atoms with E-state index in [1.165, 1.54) is 0 Å². The first-order valence-electron chi connectivity index (χ1n) is 10.6. The number of nitrogens with zero attached hydrogens (tertiary/aromatic N) is 1. The van der Waals surface area contributed by atoms with Crippen LogP contribution in [0.15, 0.2) is 77.9 Å². The second-order valence-corrected chi connectivity index (χ2v) is 7.28. The number of esters is 1. The molecule has 0 heterocycles. The highest BCUT2D eigenvalue weighted by Crippen LogP contribution is 2.23. The number of hydrogen-bond donors (Lipinski definition) is 2. The Bertz CT molecular complexity index is 1240. The Balaban J connectivity index is 1.69. The number of carbonyl (C=O) groups excluding carboxylic acids is 3. The molecule has 174 valence electrons. The molecule has 0 fully saturated rings. The van der Waals surface area contributed by atoms with Gasteiger partial charge in [-0.15, -0.1) is 0 Å². The van der Waals surface area contributed by atoms with Crippen LogP contribution in [-0.4, -0.2) is 30.1 Å². The van der Waals surface area contributed by atoms with Crippen LogP contribution in [-0.2, 0) is 9.59 Å². The van der Waals surface area contributed by atoms with Crippen molar-refractivity contribution in [2.45, 2.75) is 20.8 Å². The van der Waals surface area contributed by atoms with Gasteiger partial charge in [-0.2, -0.15) is 5.10 Å². The molecule has 3 aromatic carbocycles. The summed E-state index contributed by atoms with van der Waals surface area (Å²) in [5.74, 6) is -1.64. The van der Waals surface area contributed by atoms with Gasteiger partial charge in [0, 0.05) is 5.56 Å². The van der Waals surface area contributed by atoms with E-state index in [1.807, 2.05) is 19.9 Å². The van der Waals surface area contributed by atoms with E-state index in [0.717, 1.165) is 5.56 Å². The number of hydrogen-bond acceptors (Lipinski definition) is 6. The number of hydrazone groups is 1. The number of anilines is 1. The minimum atomic E-state index is -0.958. The minimum absolute atomic E-state index is 0.277. The van der Waals surface area contributed by atoms with Gasteiger partial charge >= 0.3 is 17.8 Å². The van der Waals surface area contributed by atoms with Crippen LogP contribution in [0.1, 0.15) is 35.3 Å². The van der Waals surface area contributed by atoms with Gasteiger partial charge in [-0.3, -0.25) is 9.59 Å². The third kappa shape index (κ3) is 6.29. The van der Waals surface area contributed by atoms with Gasteiger partial charge in [-0.25, -0.2) is 10.2 Å². The van der Waals surface area contributed by atoms with E-state index in [-0.39, 0.29) is 5.75 Å². The molecule has 0 radical (unpaired) electrons. The van der Waals surface area contributed by atoms with Gasteiger partial charge in [-0.1, -0.05) is 42.0 Å². The van der Waals surface area contributed by atoms with E-state index in [9.17, 15) is 14.4 Å². The fourth-order valence-electron chi connectivity index (χ4n) is 3.06. The largest absolute Gasteiger partial charge is 0.492 e. The zero-order valence-corrected chi connectivity index (χ0v) is 19.1. The number of nitrogens with one attached hydrogen (secondary N) is 2. The highest BCUT2D eigenvalue weighted by atomic mass is 16.5. The number of rotatable bonds is 7. The lowest BCUT2D eigenvalue weighted by atomic mass is 10.1. The number of aryl methyl sites for hydroxylation is 1. The van der Waals surface area contributed by atoms with E-state index >= 15 is 0 Å². The van der Waals surface area contributed by atoms with E-state index in [4.69, 9.17) is 9.47 Å². The van der Waals surface area contributed by atoms with Crippen LogP contribution in [0.5, 0.6) is 11.5 Å². The van der Waals surface area contributed by atoms with Crippen molar-refractivity contribution < 1.29 is 23.9 Å². The lowest BCUT2D eigenvalue weighted by Crippen LogP contribution is -2.33. The van der Waals surface area contributed by atoms with Crippen molar-refractivity contribution in [3.63, 3.8) is 0 Å². The summed E-state index contributed by atoms with van der Waals surface area (Å²) in [4.78, 5) is 37.1. The molecule has 0 aliphatic rings. The van der Waals surface area contributed by atoms with Crippen molar-refractivity contribution in [2.75, 3.05) is 11.9 Å². The van der Waals surface area contributed by atoms with Gasteiger partial charge in [0.25, 0.3) is 0 Å². The lowest BCUT2D eigenvalue weighted by Gasteiger charge is -2.11. The van der Waals surface area contributed by atoms with Crippen LogP contribution >= 0.6 is 0 Å². The Labute approximate surface area is 197 Å². The maximum atomic E-state index is 12.5. The molecule has 3 aromatic rings. The summed E-state index contributed by atoms with van der Waals surface area (Å²) in [6.45, 7) is 5.74. The normalized spacial score (nSPS) is 10.9. The molecule has 0 aromatic heterocycles. The number of para-hydroxylation sites is 3. The Morgan fingerprint density at radius 2 is 1.59 bits per heavy atom. The van der Waals surface area contributed by atoms with Gasteiger partial charge in [-0.05, 0) is 57.2 Å². The predicted molar refractivity (Wildman–Crippen MR) is 129 cm³/mol. The molecule has 3 rings (SSSR count). The van der Waals surface area contributed by atoms with Crippen LogP contribution in [0.2, 0.25) is 0 Å². The first kappa shape index (κ1) is 24.2. The molecule has 34 heavy (non-hydrogen) atoms. The summed E-state index contributed by atoms with van der Waals surface area (Å²) in [6, 6.07) is 20.6. The van der Waals surface area contributed by atoms with Crippen molar-refractivity contribution in [2.24, 2.45) is 5.10 Å². The Hall–Kier alpha value is -4.46. The van der Waals surface area contributed by atoms with Crippen molar-refractivity contribution in [1.29, 1.82) is 0 Å². The lowest BCUT2D eigenvalue weighted by molar-refractivity contribution is -0.136. The number of amides is 2. The Morgan fingerprint density at radius 3 is 2.32 bits per heavy atom. The standard InChI is InChI=1S/C26H25N3O5/c1-4-33-23-15-8-6-13-21(23)27-24(30)25(31)29-28-18(3)20-12-5-7-14-22(20)34-26(32)19-11-9-10-17(2)16-19/h5-16H,4H2,1-3H3,(H,27,30)(H,29,31)/b28-18+. The van der Waals surface area contributed by atoms with Gasteiger partial charge < -0.3 is 14.8 Å².